The van der Waals surface area contributed by atoms with Crippen LogP contribution in [0.5, 0.6) is 5.75 Å². The number of carbonyl (C=O) groups is 1. The first-order chi connectivity index (χ1) is 20.9. The van der Waals surface area contributed by atoms with Crippen LogP contribution < -0.4 is 10.1 Å². The summed E-state index contributed by atoms with van der Waals surface area (Å²) in [6, 6.07) is 20.2. The molecular formula is C29H30N8O6. The van der Waals surface area contributed by atoms with Crippen molar-refractivity contribution in [1.29, 1.82) is 0 Å². The minimum absolute atomic E-state index is 0.00370. The van der Waals surface area contributed by atoms with Crippen LogP contribution in [0.4, 0.5) is 11.4 Å². The average Bonchev–Trinajstić information content (AvgIpc) is 3.41. The standard InChI is InChI=1S/C29H30N8O6/c30-36-34-24-8-3-1-6-20(24)16-29(28(41)32-17-21(40)18-39)26(23-7-2-4-9-25(23)35-37-31)43-27(33-29)19-10-12-22(13-11-19)42-15-5-14-38/h1-4,6-13,21,26,38-40H,5,14-18H2,(H,32,41)/t21?,26-,29-/m0/s1. The Labute approximate surface area is 246 Å². The zero-order chi connectivity index (χ0) is 30.7. The summed E-state index contributed by atoms with van der Waals surface area (Å²) in [5, 5.41) is 38.6. The van der Waals surface area contributed by atoms with Crippen LogP contribution in [-0.2, 0) is 16.0 Å². The van der Waals surface area contributed by atoms with E-state index in [0.717, 1.165) is 0 Å². The molecule has 3 atom stereocenters. The predicted molar refractivity (Wildman–Crippen MR) is 157 cm³/mol. The van der Waals surface area contributed by atoms with Crippen LogP contribution >= 0.6 is 0 Å². The number of azide groups is 2. The molecule has 4 N–H and O–H groups in total. The van der Waals surface area contributed by atoms with Gasteiger partial charge in [0.05, 0.1) is 19.3 Å². The molecule has 14 nitrogen and oxygen atoms in total. The smallest absolute Gasteiger partial charge is 0.252 e. The van der Waals surface area contributed by atoms with E-state index in [-0.39, 0.29) is 36.8 Å². The van der Waals surface area contributed by atoms with Crippen molar-refractivity contribution in [2.75, 3.05) is 26.4 Å². The molecule has 43 heavy (non-hydrogen) atoms. The number of amides is 1. The lowest BCUT2D eigenvalue weighted by molar-refractivity contribution is -0.129. The van der Waals surface area contributed by atoms with Gasteiger partial charge < -0.3 is 30.1 Å². The van der Waals surface area contributed by atoms with Crippen LogP contribution in [0.2, 0.25) is 0 Å². The molecule has 1 amide bonds. The van der Waals surface area contributed by atoms with Crippen molar-refractivity contribution in [2.24, 2.45) is 15.2 Å². The van der Waals surface area contributed by atoms with E-state index in [4.69, 9.17) is 25.1 Å². The highest BCUT2D eigenvalue weighted by Gasteiger charge is 2.54. The number of hydrogen-bond donors (Lipinski definition) is 4. The quantitative estimate of drug-likeness (QED) is 0.0933. The Hall–Kier alpha value is -5.10. The van der Waals surface area contributed by atoms with Gasteiger partial charge in [-0.1, -0.05) is 58.8 Å². The van der Waals surface area contributed by atoms with Gasteiger partial charge in [0.15, 0.2) is 11.6 Å². The molecule has 0 fully saturated rings. The number of ether oxygens (including phenoxy) is 2. The summed E-state index contributed by atoms with van der Waals surface area (Å²) < 4.78 is 12.0. The maximum Gasteiger partial charge on any atom is 0.252 e. The van der Waals surface area contributed by atoms with Gasteiger partial charge >= 0.3 is 0 Å². The van der Waals surface area contributed by atoms with E-state index < -0.39 is 30.3 Å². The number of aliphatic hydroxyl groups is 3. The van der Waals surface area contributed by atoms with E-state index in [1.165, 1.54) is 0 Å². The molecule has 1 unspecified atom stereocenters. The van der Waals surface area contributed by atoms with E-state index in [1.54, 1.807) is 72.8 Å². The Morgan fingerprint density at radius 3 is 2.40 bits per heavy atom. The fraction of sp³-hybridized carbons (Fsp3) is 0.310. The molecule has 1 aliphatic heterocycles. The molecule has 222 valence electrons. The van der Waals surface area contributed by atoms with Crippen molar-refractivity contribution in [3.8, 4) is 5.75 Å². The van der Waals surface area contributed by atoms with Crippen molar-refractivity contribution in [2.45, 2.75) is 30.6 Å². The third-order valence-electron chi connectivity index (χ3n) is 6.71. The number of carbonyl (C=O) groups excluding carboxylic acids is 1. The van der Waals surface area contributed by atoms with E-state index in [1.807, 2.05) is 0 Å². The summed E-state index contributed by atoms with van der Waals surface area (Å²) in [6.45, 7) is -0.513. The largest absolute Gasteiger partial charge is 0.494 e. The fourth-order valence-electron chi connectivity index (χ4n) is 4.63. The molecular weight excluding hydrogens is 556 g/mol. The van der Waals surface area contributed by atoms with Gasteiger partial charge in [0.2, 0.25) is 5.90 Å². The van der Waals surface area contributed by atoms with Crippen molar-refractivity contribution in [3.05, 3.63) is 110 Å². The van der Waals surface area contributed by atoms with Crippen LogP contribution in [-0.4, -0.2) is 65.1 Å². The molecule has 1 heterocycles. The second-order valence-electron chi connectivity index (χ2n) is 9.58. The number of nitrogens with zero attached hydrogens (tertiary/aromatic N) is 7. The van der Waals surface area contributed by atoms with Gasteiger partial charge in [-0.3, -0.25) is 4.79 Å². The number of hydrogen-bond acceptors (Lipinski definition) is 9. The highest BCUT2D eigenvalue weighted by molar-refractivity contribution is 6.01. The lowest BCUT2D eigenvalue weighted by atomic mass is 9.81. The number of aliphatic imine (C=N–C) groups is 1. The maximum atomic E-state index is 14.2. The van der Waals surface area contributed by atoms with Gasteiger partial charge in [-0.25, -0.2) is 4.99 Å². The van der Waals surface area contributed by atoms with Gasteiger partial charge in [0, 0.05) is 58.3 Å². The summed E-state index contributed by atoms with van der Waals surface area (Å²) >= 11 is 0. The van der Waals surface area contributed by atoms with E-state index in [2.05, 4.69) is 25.4 Å². The third kappa shape index (κ3) is 7.22. The molecule has 0 bridgehead atoms. The molecule has 0 aromatic heterocycles. The van der Waals surface area contributed by atoms with Crippen molar-refractivity contribution in [1.82, 2.24) is 5.32 Å². The molecule has 3 aromatic carbocycles. The fourth-order valence-corrected chi connectivity index (χ4v) is 4.63. The zero-order valence-electron chi connectivity index (χ0n) is 23.0. The minimum atomic E-state index is -1.75. The Balaban J connectivity index is 1.88. The van der Waals surface area contributed by atoms with Gasteiger partial charge in [-0.2, -0.15) is 0 Å². The molecule has 3 aromatic rings. The van der Waals surface area contributed by atoms with Crippen LogP contribution in [0.15, 0.2) is 88.0 Å². The number of aliphatic hydroxyl groups excluding tert-OH is 3. The maximum absolute atomic E-state index is 14.2. The number of nitrogens with one attached hydrogen (secondary N) is 1. The van der Waals surface area contributed by atoms with Gasteiger partial charge in [0.1, 0.15) is 5.75 Å². The van der Waals surface area contributed by atoms with Gasteiger partial charge in [-0.15, -0.1) is 0 Å². The molecule has 0 saturated carbocycles. The Kier molecular flexibility index (Phi) is 10.5. The van der Waals surface area contributed by atoms with E-state index in [9.17, 15) is 20.5 Å². The monoisotopic (exact) mass is 586 g/mol. The lowest BCUT2D eigenvalue weighted by Crippen LogP contribution is -2.51. The van der Waals surface area contributed by atoms with Crippen molar-refractivity contribution in [3.63, 3.8) is 0 Å². The normalized spacial score (nSPS) is 17.9. The highest BCUT2D eigenvalue weighted by Crippen LogP contribution is 2.46. The third-order valence-corrected chi connectivity index (χ3v) is 6.71. The summed E-state index contributed by atoms with van der Waals surface area (Å²) in [7, 11) is 0. The molecule has 14 heteroatoms. The zero-order valence-corrected chi connectivity index (χ0v) is 23.0. The number of rotatable bonds is 14. The SMILES string of the molecule is [N-]=[N+]=Nc1ccccc1C[C@]1(C(=O)NCC(O)CO)N=C(c2ccc(OCCCO)cc2)O[C@H]1c1ccccc1N=[N+]=[N-]. The summed E-state index contributed by atoms with van der Waals surface area (Å²) in [5.41, 5.74) is 18.6. The first kappa shape index (κ1) is 30.8. The van der Waals surface area contributed by atoms with Crippen molar-refractivity contribution < 1.29 is 29.6 Å². The van der Waals surface area contributed by atoms with E-state index in [0.29, 0.717) is 35.5 Å². The average molecular weight is 587 g/mol. The van der Waals surface area contributed by atoms with Crippen molar-refractivity contribution >= 4 is 23.2 Å². The lowest BCUT2D eigenvalue weighted by Gasteiger charge is -2.32. The molecule has 4 rings (SSSR count). The van der Waals surface area contributed by atoms with Crippen LogP contribution in [0.1, 0.15) is 29.2 Å². The Bertz CT molecular complexity index is 1550. The molecule has 0 radical (unpaired) electrons. The van der Waals surface area contributed by atoms with Gasteiger partial charge in [-0.05, 0) is 40.9 Å². The molecule has 0 aliphatic carbocycles. The molecule has 0 spiro atoms. The highest BCUT2D eigenvalue weighted by atomic mass is 16.5. The van der Waals surface area contributed by atoms with E-state index >= 15 is 0 Å². The first-order valence-electron chi connectivity index (χ1n) is 13.4. The van der Waals surface area contributed by atoms with Gasteiger partial charge in [0.25, 0.3) is 5.91 Å². The second-order valence-corrected chi connectivity index (χ2v) is 9.58. The topological polar surface area (TPSA) is 218 Å². The Morgan fingerprint density at radius 2 is 1.70 bits per heavy atom. The molecule has 0 saturated heterocycles. The summed E-state index contributed by atoms with van der Waals surface area (Å²) in [6.07, 6.45) is -1.99. The molecule has 1 aliphatic rings. The first-order valence-corrected chi connectivity index (χ1v) is 13.4. The summed E-state index contributed by atoms with van der Waals surface area (Å²) in [5.74, 6) is 0.0311. The van der Waals surface area contributed by atoms with Crippen LogP contribution in [0.25, 0.3) is 20.9 Å². The number of benzene rings is 3. The minimum Gasteiger partial charge on any atom is -0.494 e. The second kappa shape index (κ2) is 14.7. The predicted octanol–water partition coefficient (Wildman–Crippen LogP) is 4.30. The summed E-state index contributed by atoms with van der Waals surface area (Å²) in [4.78, 5) is 24.8. The van der Waals surface area contributed by atoms with Crippen LogP contribution in [0.3, 0.4) is 0 Å². The Morgan fingerprint density at radius 1 is 1.02 bits per heavy atom. The van der Waals surface area contributed by atoms with Crippen LogP contribution in [0, 0.1) is 0 Å².